The first-order valence-corrected chi connectivity index (χ1v) is 6.72. The predicted octanol–water partition coefficient (Wildman–Crippen LogP) is 1.55. The summed E-state index contributed by atoms with van der Waals surface area (Å²) in [5.74, 6) is -0.571. The van der Waals surface area contributed by atoms with Gasteiger partial charge in [-0.2, -0.15) is 0 Å². The van der Waals surface area contributed by atoms with Crippen LogP contribution in [0, 0.1) is 12.8 Å². The van der Waals surface area contributed by atoms with Gasteiger partial charge in [0.15, 0.2) is 5.78 Å². The molecule has 2 unspecified atom stereocenters. The monoisotopic (exact) mass is 275 g/mol. The first kappa shape index (κ1) is 14.4. The maximum absolute atomic E-state index is 12.5. The molecule has 0 aliphatic carbocycles. The summed E-state index contributed by atoms with van der Waals surface area (Å²) in [4.78, 5) is 25.6. The molecule has 1 heterocycles. The van der Waals surface area contributed by atoms with Crippen molar-refractivity contribution < 1.29 is 9.59 Å². The van der Waals surface area contributed by atoms with E-state index in [2.05, 4.69) is 5.32 Å². The maximum Gasteiger partial charge on any atom is 0.219 e. The van der Waals surface area contributed by atoms with Gasteiger partial charge >= 0.3 is 0 Å². The smallest absolute Gasteiger partial charge is 0.219 e. The van der Waals surface area contributed by atoms with Crippen molar-refractivity contribution in [2.75, 3.05) is 24.3 Å². The van der Waals surface area contributed by atoms with Gasteiger partial charge in [0.2, 0.25) is 5.91 Å². The summed E-state index contributed by atoms with van der Waals surface area (Å²) < 4.78 is 0. The molecule has 1 aromatic rings. The predicted molar refractivity (Wildman–Crippen MR) is 80.2 cm³/mol. The topological polar surface area (TPSA) is 75.4 Å². The Morgan fingerprint density at radius 3 is 2.60 bits per heavy atom. The lowest BCUT2D eigenvalue weighted by molar-refractivity contribution is -0.118. The highest BCUT2D eigenvalue weighted by molar-refractivity contribution is 6.07. The van der Waals surface area contributed by atoms with Gasteiger partial charge in [0.25, 0.3) is 0 Å². The Kier molecular flexibility index (Phi) is 3.70. The minimum absolute atomic E-state index is 0.0767. The van der Waals surface area contributed by atoms with E-state index in [4.69, 9.17) is 5.73 Å². The van der Waals surface area contributed by atoms with Crippen LogP contribution in [0.3, 0.4) is 0 Å². The number of hydrogen-bond acceptors (Lipinski definition) is 4. The Balaban J connectivity index is 2.46. The first-order valence-electron chi connectivity index (χ1n) is 6.72. The van der Waals surface area contributed by atoms with E-state index < -0.39 is 5.91 Å². The van der Waals surface area contributed by atoms with Crippen molar-refractivity contribution in [3.05, 3.63) is 23.3 Å². The molecule has 0 aromatic heterocycles. The van der Waals surface area contributed by atoms with Crippen molar-refractivity contribution in [1.82, 2.24) is 0 Å². The van der Waals surface area contributed by atoms with Crippen LogP contribution in [0.25, 0.3) is 0 Å². The number of amides is 1. The van der Waals surface area contributed by atoms with E-state index in [1.807, 2.05) is 45.0 Å². The molecular formula is C15H21N3O2. The standard InChI is InChI=1S/C15H21N3O2/c1-8-5-10(18(3)4)6-12-14(8)15(20)9(2)11(17-12)7-13(16)19/h5-6,9,11,17H,7H2,1-4H3,(H2,16,19). The van der Waals surface area contributed by atoms with Gasteiger partial charge in [-0.3, -0.25) is 9.59 Å². The summed E-state index contributed by atoms with van der Waals surface area (Å²) in [7, 11) is 3.91. The molecule has 0 saturated heterocycles. The summed E-state index contributed by atoms with van der Waals surface area (Å²) in [6, 6.07) is 3.71. The maximum atomic E-state index is 12.5. The highest BCUT2D eigenvalue weighted by Crippen LogP contribution is 2.34. The van der Waals surface area contributed by atoms with Crippen LogP contribution in [0.15, 0.2) is 12.1 Å². The summed E-state index contributed by atoms with van der Waals surface area (Å²) in [6.45, 7) is 3.78. The Morgan fingerprint density at radius 1 is 1.40 bits per heavy atom. The molecular weight excluding hydrogens is 254 g/mol. The molecule has 2 atom stereocenters. The summed E-state index contributed by atoms with van der Waals surface area (Å²) in [5, 5.41) is 3.30. The Bertz CT molecular complexity index is 566. The van der Waals surface area contributed by atoms with Gasteiger partial charge in [0.1, 0.15) is 0 Å². The van der Waals surface area contributed by atoms with Gasteiger partial charge in [-0.15, -0.1) is 0 Å². The molecule has 2 rings (SSSR count). The number of carbonyl (C=O) groups is 2. The fourth-order valence-electron chi connectivity index (χ4n) is 2.65. The number of nitrogens with zero attached hydrogens (tertiary/aromatic N) is 1. The third kappa shape index (κ3) is 2.48. The van der Waals surface area contributed by atoms with Crippen molar-refractivity contribution >= 4 is 23.1 Å². The fraction of sp³-hybridized carbons (Fsp3) is 0.467. The molecule has 3 N–H and O–H groups in total. The van der Waals surface area contributed by atoms with Crippen molar-refractivity contribution in [1.29, 1.82) is 0 Å². The molecule has 108 valence electrons. The van der Waals surface area contributed by atoms with Crippen LogP contribution in [-0.2, 0) is 4.79 Å². The molecule has 20 heavy (non-hydrogen) atoms. The number of hydrogen-bond donors (Lipinski definition) is 2. The van der Waals surface area contributed by atoms with Gasteiger partial charge in [0, 0.05) is 49.4 Å². The Hall–Kier alpha value is -2.04. The van der Waals surface area contributed by atoms with Crippen LogP contribution in [0.4, 0.5) is 11.4 Å². The minimum Gasteiger partial charge on any atom is -0.380 e. The molecule has 1 aliphatic heterocycles. The molecule has 1 aromatic carbocycles. The average Bonchev–Trinajstić information content (AvgIpc) is 2.34. The number of carbonyl (C=O) groups excluding carboxylic acids is 2. The zero-order valence-corrected chi connectivity index (χ0v) is 12.4. The number of primary amides is 1. The lowest BCUT2D eigenvalue weighted by atomic mass is 9.83. The van der Waals surface area contributed by atoms with Crippen LogP contribution in [0.5, 0.6) is 0 Å². The quantitative estimate of drug-likeness (QED) is 0.877. The molecule has 5 heteroatoms. The van der Waals surface area contributed by atoms with E-state index in [0.29, 0.717) is 0 Å². The summed E-state index contributed by atoms with van der Waals surface area (Å²) in [6.07, 6.45) is 0.164. The van der Waals surface area contributed by atoms with E-state index in [1.165, 1.54) is 0 Å². The highest BCUT2D eigenvalue weighted by Gasteiger charge is 2.34. The number of nitrogens with two attached hydrogens (primary N) is 1. The van der Waals surface area contributed by atoms with Crippen molar-refractivity contribution in [3.63, 3.8) is 0 Å². The number of Topliss-reactive ketones (excluding diaryl/α,β-unsaturated/α-hetero) is 1. The van der Waals surface area contributed by atoms with Gasteiger partial charge in [-0.1, -0.05) is 6.92 Å². The molecule has 0 saturated carbocycles. The minimum atomic E-state index is -0.397. The van der Waals surface area contributed by atoms with Crippen LogP contribution in [0.1, 0.15) is 29.3 Å². The van der Waals surface area contributed by atoms with Crippen LogP contribution < -0.4 is 16.0 Å². The van der Waals surface area contributed by atoms with Gasteiger partial charge in [0.05, 0.1) is 0 Å². The number of rotatable bonds is 3. The third-order valence-electron chi connectivity index (χ3n) is 3.86. The fourth-order valence-corrected chi connectivity index (χ4v) is 2.65. The molecule has 5 nitrogen and oxygen atoms in total. The van der Waals surface area contributed by atoms with Crippen LogP contribution in [0.2, 0.25) is 0 Å². The second-order valence-electron chi connectivity index (χ2n) is 5.65. The van der Waals surface area contributed by atoms with E-state index in [1.54, 1.807) is 0 Å². The average molecular weight is 275 g/mol. The largest absolute Gasteiger partial charge is 0.380 e. The lowest BCUT2D eigenvalue weighted by Gasteiger charge is -2.32. The first-order chi connectivity index (χ1) is 9.31. The molecule has 1 amide bonds. The normalized spacial score (nSPS) is 21.1. The molecule has 0 radical (unpaired) electrons. The number of anilines is 2. The number of fused-ring (bicyclic) bond motifs is 1. The Labute approximate surface area is 119 Å². The number of benzene rings is 1. The van der Waals surface area contributed by atoms with Crippen molar-refractivity contribution in [2.45, 2.75) is 26.3 Å². The van der Waals surface area contributed by atoms with Crippen molar-refractivity contribution in [3.8, 4) is 0 Å². The highest BCUT2D eigenvalue weighted by atomic mass is 16.1. The molecule has 0 fully saturated rings. The van der Waals surface area contributed by atoms with Crippen LogP contribution in [-0.4, -0.2) is 31.8 Å². The number of ketones is 1. The van der Waals surface area contributed by atoms with Crippen molar-refractivity contribution in [2.24, 2.45) is 11.7 Å². The second kappa shape index (κ2) is 5.15. The van der Waals surface area contributed by atoms with E-state index in [0.717, 1.165) is 22.5 Å². The summed E-state index contributed by atoms with van der Waals surface area (Å²) in [5.41, 5.74) is 8.75. The van der Waals surface area contributed by atoms with E-state index in [-0.39, 0.29) is 24.2 Å². The van der Waals surface area contributed by atoms with E-state index in [9.17, 15) is 9.59 Å². The molecule has 0 spiro atoms. The molecule has 0 bridgehead atoms. The second-order valence-corrected chi connectivity index (χ2v) is 5.65. The van der Waals surface area contributed by atoms with Gasteiger partial charge in [-0.25, -0.2) is 0 Å². The third-order valence-corrected chi connectivity index (χ3v) is 3.86. The number of nitrogens with one attached hydrogen (secondary N) is 1. The molecule has 1 aliphatic rings. The zero-order valence-electron chi connectivity index (χ0n) is 12.4. The number of aryl methyl sites for hydroxylation is 1. The SMILES string of the molecule is Cc1cc(N(C)C)cc2c1C(=O)C(C)C(CC(N)=O)N2. The lowest BCUT2D eigenvalue weighted by Crippen LogP contribution is -2.41. The zero-order chi connectivity index (χ0) is 15.0. The van der Waals surface area contributed by atoms with Gasteiger partial charge in [-0.05, 0) is 24.6 Å². The van der Waals surface area contributed by atoms with Crippen LogP contribution >= 0.6 is 0 Å². The summed E-state index contributed by atoms with van der Waals surface area (Å²) >= 11 is 0. The van der Waals surface area contributed by atoms with Gasteiger partial charge < -0.3 is 16.0 Å². The Morgan fingerprint density at radius 2 is 2.05 bits per heavy atom. The van der Waals surface area contributed by atoms with E-state index >= 15 is 0 Å².